The van der Waals surface area contributed by atoms with Crippen molar-refractivity contribution in [3.63, 3.8) is 0 Å². The van der Waals surface area contributed by atoms with Gasteiger partial charge in [-0.2, -0.15) is 30.4 Å². The lowest BCUT2D eigenvalue weighted by atomic mass is 10.4. The molecule has 2 unspecified atom stereocenters. The van der Waals surface area contributed by atoms with Gasteiger partial charge >= 0.3 is 21.5 Å². The third-order valence-electron chi connectivity index (χ3n) is 1.12. The van der Waals surface area contributed by atoms with E-state index in [1.165, 1.54) is 0 Å². The number of rotatable bonds is 4. The number of hydrogen-bond acceptors (Lipinski definition) is 5. The normalized spacial score (nSPS) is 18.2. The molecule has 0 rings (SSSR count). The fraction of sp³-hybridized carbons (Fsp3) is 1.00. The van der Waals surface area contributed by atoms with Crippen LogP contribution in [0.4, 0.5) is 22.0 Å². The Bertz CT molecular complexity index is 372. The third kappa shape index (κ3) is 3.58. The molecule has 0 radical (unpaired) electrons. The van der Waals surface area contributed by atoms with Gasteiger partial charge in [0.15, 0.2) is 0 Å². The van der Waals surface area contributed by atoms with Gasteiger partial charge in [0, 0.05) is 0 Å². The number of alkyl halides is 5. The zero-order valence-corrected chi connectivity index (χ0v) is 8.41. The van der Waals surface area contributed by atoms with Crippen molar-refractivity contribution in [1.82, 2.24) is 0 Å². The molecule has 6 nitrogen and oxygen atoms in total. The van der Waals surface area contributed by atoms with E-state index in [1.54, 1.807) is 0 Å². The summed E-state index contributed by atoms with van der Waals surface area (Å²) < 4.78 is 110. The van der Waals surface area contributed by atoms with Crippen LogP contribution in [0.25, 0.3) is 0 Å². The lowest BCUT2D eigenvalue weighted by Gasteiger charge is -2.26. The van der Waals surface area contributed by atoms with Gasteiger partial charge in [0.05, 0.1) is 11.4 Å². The van der Waals surface area contributed by atoms with Crippen LogP contribution in [0.3, 0.4) is 0 Å². The molecule has 0 amide bonds. The summed E-state index contributed by atoms with van der Waals surface area (Å²) in [6.07, 6.45) is -10.5. The Kier molecular flexibility index (Phi) is 4.38. The van der Waals surface area contributed by atoms with Crippen molar-refractivity contribution in [1.29, 1.82) is 0 Å². The van der Waals surface area contributed by atoms with Crippen molar-refractivity contribution in [2.75, 3.05) is 0 Å². The van der Waals surface area contributed by atoms with E-state index in [0.29, 0.717) is 0 Å². The lowest BCUT2D eigenvalue weighted by molar-refractivity contribution is -0.238. The molecule has 13 heteroatoms. The van der Waals surface area contributed by atoms with Crippen molar-refractivity contribution in [2.45, 2.75) is 17.5 Å². The average molecular weight is 293 g/mol. The van der Waals surface area contributed by atoms with Gasteiger partial charge in [-0.25, -0.2) is 4.21 Å². The largest absolute Gasteiger partial charge is 0.750 e. The van der Waals surface area contributed by atoms with Crippen LogP contribution < -0.4 is 0 Å². The molecule has 1 N–H and O–H groups in total. The Morgan fingerprint density at radius 2 is 1.62 bits per heavy atom. The predicted molar refractivity (Wildman–Crippen MR) is 36.3 cm³/mol. The van der Waals surface area contributed by atoms with Crippen molar-refractivity contribution in [3.05, 3.63) is 0 Å². The van der Waals surface area contributed by atoms with Crippen molar-refractivity contribution >= 4 is 21.5 Å². The van der Waals surface area contributed by atoms with Gasteiger partial charge in [-0.05, 0) is 0 Å². The highest BCUT2D eigenvalue weighted by Gasteiger charge is 2.65. The van der Waals surface area contributed by atoms with Crippen LogP contribution in [0.5, 0.6) is 0 Å². The van der Waals surface area contributed by atoms with Gasteiger partial charge in [-0.1, -0.05) is 0 Å². The van der Waals surface area contributed by atoms with Gasteiger partial charge in [0.25, 0.3) is 0 Å². The van der Waals surface area contributed by atoms with Gasteiger partial charge in [0.2, 0.25) is 6.10 Å². The quantitative estimate of drug-likeness (QED) is 0.451. The molecular formula is C3H2F5O6S2-. The molecule has 0 aliphatic heterocycles. The predicted octanol–water partition coefficient (Wildman–Crippen LogP) is 0.209. The minimum Gasteiger partial charge on any atom is -0.750 e. The topological polar surface area (TPSA) is 104 Å². The average Bonchev–Trinajstić information content (AvgIpc) is 1.95. The van der Waals surface area contributed by atoms with Crippen LogP contribution in [0.2, 0.25) is 0 Å². The summed E-state index contributed by atoms with van der Waals surface area (Å²) in [6.45, 7) is 0. The molecule has 0 spiro atoms. The van der Waals surface area contributed by atoms with Crippen LogP contribution >= 0.6 is 0 Å². The summed E-state index contributed by atoms with van der Waals surface area (Å²) in [5, 5.41) is -5.84. The van der Waals surface area contributed by atoms with E-state index in [9.17, 15) is 39.1 Å². The van der Waals surface area contributed by atoms with Gasteiger partial charge in [0.1, 0.15) is 0 Å². The summed E-state index contributed by atoms with van der Waals surface area (Å²) >= 11 is -4.05. The smallest absolute Gasteiger partial charge is 0.423 e. The van der Waals surface area contributed by atoms with E-state index in [-0.39, 0.29) is 0 Å². The van der Waals surface area contributed by atoms with E-state index >= 15 is 0 Å². The van der Waals surface area contributed by atoms with Crippen LogP contribution in [0, 0.1) is 0 Å². The van der Waals surface area contributed by atoms with Crippen molar-refractivity contribution in [3.8, 4) is 0 Å². The van der Waals surface area contributed by atoms with E-state index in [2.05, 4.69) is 4.18 Å². The zero-order valence-electron chi connectivity index (χ0n) is 6.77. The van der Waals surface area contributed by atoms with E-state index in [0.717, 1.165) is 0 Å². The first-order chi connectivity index (χ1) is 6.80. The molecule has 98 valence electrons. The Labute approximate surface area is 87.6 Å². The molecule has 0 bridgehead atoms. The third-order valence-corrected chi connectivity index (χ3v) is 2.37. The molecular weight excluding hydrogens is 291 g/mol. The summed E-state index contributed by atoms with van der Waals surface area (Å²) in [6, 6.07) is 0. The first-order valence-corrected chi connectivity index (χ1v) is 5.42. The van der Waals surface area contributed by atoms with Gasteiger partial charge < -0.3 is 4.55 Å². The Balaban J connectivity index is 5.45. The molecule has 0 aromatic rings. The fourth-order valence-corrected chi connectivity index (χ4v) is 1.42. The minimum absolute atomic E-state index is 2.71. The summed E-state index contributed by atoms with van der Waals surface area (Å²) in [4.78, 5) is 0. The monoisotopic (exact) mass is 293 g/mol. The molecule has 0 saturated heterocycles. The fourth-order valence-electron chi connectivity index (χ4n) is 0.515. The van der Waals surface area contributed by atoms with Crippen molar-refractivity contribution < 1.29 is 47.9 Å². The van der Waals surface area contributed by atoms with Crippen LogP contribution in [0.15, 0.2) is 0 Å². The maximum absolute atomic E-state index is 12.5. The number of hydrogen-bond donors (Lipinski definition) is 1. The van der Waals surface area contributed by atoms with Gasteiger partial charge in [-0.3, -0.25) is 8.74 Å². The van der Waals surface area contributed by atoms with Crippen molar-refractivity contribution in [2.24, 2.45) is 0 Å². The highest BCUT2D eigenvalue weighted by atomic mass is 32.2. The molecule has 0 aliphatic carbocycles. The van der Waals surface area contributed by atoms with Crippen LogP contribution in [0.1, 0.15) is 0 Å². The molecule has 0 aromatic carbocycles. The highest BCUT2D eigenvalue weighted by molar-refractivity contribution is 7.87. The van der Waals surface area contributed by atoms with E-state index < -0.39 is 39.0 Å². The molecule has 0 heterocycles. The second-order valence-electron chi connectivity index (χ2n) is 2.26. The molecule has 0 aliphatic rings. The maximum atomic E-state index is 12.5. The molecule has 0 fully saturated rings. The SMILES string of the molecule is O=S([O-])OC(C(F)(F)F)C(F)(F)S(=O)(=O)O. The zero-order chi connectivity index (χ0) is 13.4. The minimum atomic E-state index is -6.48. The van der Waals surface area contributed by atoms with Crippen LogP contribution in [-0.2, 0) is 25.7 Å². The second-order valence-corrected chi connectivity index (χ2v) is 4.35. The highest BCUT2D eigenvalue weighted by Crippen LogP contribution is 2.38. The Hall–Kier alpha value is -0.370. The second kappa shape index (κ2) is 4.48. The van der Waals surface area contributed by atoms with E-state index in [4.69, 9.17) is 4.55 Å². The molecule has 2 atom stereocenters. The van der Waals surface area contributed by atoms with Gasteiger partial charge in [-0.15, -0.1) is 0 Å². The lowest BCUT2D eigenvalue weighted by Crippen LogP contribution is -2.51. The first-order valence-electron chi connectivity index (χ1n) is 2.98. The maximum Gasteiger partial charge on any atom is 0.423 e. The van der Waals surface area contributed by atoms with E-state index in [1.807, 2.05) is 0 Å². The first kappa shape index (κ1) is 15.6. The standard InChI is InChI=1S/C3H3F5O6S2/c4-2(5,6)1(14-15(9)10)3(7,8)16(11,12)13/h1H,(H,9,10)(H,11,12,13)/p-1. The van der Waals surface area contributed by atoms with Crippen LogP contribution in [-0.4, -0.2) is 39.3 Å². The summed E-state index contributed by atoms with van der Waals surface area (Å²) in [5.74, 6) is 0. The molecule has 0 aromatic heterocycles. The molecule has 0 saturated carbocycles. The number of halogens is 5. The Morgan fingerprint density at radius 3 is 1.81 bits per heavy atom. The summed E-state index contributed by atoms with van der Waals surface area (Å²) in [7, 11) is -6.48. The molecule has 16 heavy (non-hydrogen) atoms. The summed E-state index contributed by atoms with van der Waals surface area (Å²) in [5.41, 5.74) is 0. The Morgan fingerprint density at radius 1 is 1.25 bits per heavy atom.